The van der Waals surface area contributed by atoms with E-state index >= 15 is 0 Å². The molecule has 0 spiro atoms. The molecular formula is C47H84N10O22. The normalized spacial score (nSPS) is 27.3. The van der Waals surface area contributed by atoms with Gasteiger partial charge in [0.25, 0.3) is 0 Å². The van der Waals surface area contributed by atoms with Crippen molar-refractivity contribution in [3.63, 3.8) is 0 Å². The highest BCUT2D eigenvalue weighted by atomic mass is 16.7. The fourth-order valence-electron chi connectivity index (χ4n) is 8.31. The zero-order chi connectivity index (χ0) is 60.2. The summed E-state index contributed by atoms with van der Waals surface area (Å²) in [5.41, 5.74) is 6.20. The molecule has 454 valence electrons. The molecule has 21 atom stereocenters. The molecule has 2 fully saturated rings. The van der Waals surface area contributed by atoms with E-state index in [2.05, 4.69) is 47.9 Å². The summed E-state index contributed by atoms with van der Waals surface area (Å²) >= 11 is 0. The topological polar surface area (TPSA) is 507 Å². The van der Waals surface area contributed by atoms with Gasteiger partial charge in [-0.25, -0.2) is 0 Å². The number of aliphatic carboxylic acids is 1. The lowest BCUT2D eigenvalue weighted by Crippen LogP contribution is -2.68. The van der Waals surface area contributed by atoms with E-state index in [9.17, 15) is 84.0 Å². The van der Waals surface area contributed by atoms with Crippen LogP contribution in [0.4, 0.5) is 0 Å². The van der Waals surface area contributed by atoms with Crippen molar-refractivity contribution >= 4 is 53.2 Å². The quantitative estimate of drug-likeness (QED) is 0.0278. The third-order valence-corrected chi connectivity index (χ3v) is 13.2. The van der Waals surface area contributed by atoms with Crippen LogP contribution in [-0.4, -0.2) is 254 Å². The molecule has 0 aromatic carbocycles. The molecule has 0 aliphatic carbocycles. The first-order chi connectivity index (χ1) is 36.9. The van der Waals surface area contributed by atoms with Crippen LogP contribution in [0.5, 0.6) is 0 Å². The van der Waals surface area contributed by atoms with Crippen molar-refractivity contribution in [3.05, 3.63) is 0 Å². The molecule has 20 N–H and O–H groups in total. The summed E-state index contributed by atoms with van der Waals surface area (Å²) in [5.74, 6) is -10.4. The maximum atomic E-state index is 14.6. The Bertz CT molecular complexity index is 2030. The van der Waals surface area contributed by atoms with Crippen molar-refractivity contribution in [1.82, 2.24) is 47.9 Å². The van der Waals surface area contributed by atoms with Gasteiger partial charge in [-0.05, 0) is 66.5 Å². The number of carbonyl (C=O) groups excluding carboxylic acids is 8. The predicted octanol–water partition coefficient (Wildman–Crippen LogP) is -9.17. The van der Waals surface area contributed by atoms with Crippen molar-refractivity contribution in [1.29, 1.82) is 0 Å². The van der Waals surface area contributed by atoms with Crippen LogP contribution in [0, 0.1) is 5.92 Å². The molecule has 32 nitrogen and oxygen atoms in total. The average Bonchev–Trinajstić information content (AvgIpc) is 3.38. The lowest BCUT2D eigenvalue weighted by atomic mass is 9.96. The highest BCUT2D eigenvalue weighted by Gasteiger charge is 2.49. The van der Waals surface area contributed by atoms with Gasteiger partial charge in [0, 0.05) is 13.8 Å². The fraction of sp³-hybridized carbons (Fsp3) is 0.809. The van der Waals surface area contributed by atoms with Crippen molar-refractivity contribution in [2.24, 2.45) is 11.7 Å². The Kier molecular flexibility index (Phi) is 29.5. The lowest BCUT2D eigenvalue weighted by molar-refractivity contribution is -0.281. The number of hydrogen-bond acceptors (Lipinski definition) is 23. The van der Waals surface area contributed by atoms with E-state index in [1.165, 1.54) is 6.92 Å². The van der Waals surface area contributed by atoms with Crippen LogP contribution in [0.15, 0.2) is 0 Å². The van der Waals surface area contributed by atoms with Gasteiger partial charge in [-0.2, -0.15) is 0 Å². The van der Waals surface area contributed by atoms with Crippen molar-refractivity contribution in [2.75, 3.05) is 33.4 Å². The summed E-state index contributed by atoms with van der Waals surface area (Å²) in [5, 5.41) is 115. The van der Waals surface area contributed by atoms with Crippen LogP contribution in [0.25, 0.3) is 0 Å². The number of carbonyl (C=O) groups is 9. The molecular weight excluding hydrogens is 1060 g/mol. The molecule has 2 heterocycles. The molecule has 2 saturated heterocycles. The van der Waals surface area contributed by atoms with Crippen LogP contribution < -0.4 is 53.6 Å². The minimum absolute atomic E-state index is 0.0366. The number of rotatable bonds is 32. The number of ether oxygens (including phenoxy) is 4. The summed E-state index contributed by atoms with van der Waals surface area (Å²) < 4.78 is 23.3. The zero-order valence-corrected chi connectivity index (χ0v) is 45.7. The third-order valence-electron chi connectivity index (χ3n) is 13.2. The molecule has 32 heteroatoms. The van der Waals surface area contributed by atoms with Crippen LogP contribution in [0.3, 0.4) is 0 Å². The number of nitrogens with two attached hydrogens (primary N) is 1. The standard InChI is InChI=1S/C47H84N10O22/c1-10-18(2)29(48)41(71)56-32(21(5)76-46-34(51-23(7)62)38(68)36(66)26(16-58)78-46)44(74)55-31(20(4)61)43(73)57-33(22(6)77-47-35(52-24(8)63)39(69)37(67)27(17-59)79-47)45(75)54-30(19(3)60)42(72)53-25(13-11-12-14-49-9)40(70)50-15-28(64)65/h18-22,25-27,29-39,46-47,49,58-61,66-69H,10-17,48H2,1-9H3,(H,50,70)(H,51,62)(H,52,63)(H,53,72)(H,54,75)(H,55,74)(H,56,71)(H,57,73)(H,64,65)/t18-,19+,20+,21+,22+,25-,26?,27?,29?,30?,31?,32?,33?,34?,35?,36-,37-,38?,39?,46-,47-/m0/s1. The Morgan fingerprint density at radius 2 is 0.975 bits per heavy atom. The number of unbranched alkanes of at least 4 members (excludes halogenated alkanes) is 1. The molecule has 11 unspecified atom stereocenters. The zero-order valence-electron chi connectivity index (χ0n) is 45.7. The van der Waals surface area contributed by atoms with Crippen molar-refractivity contribution < 1.29 is 108 Å². The Balaban J connectivity index is 2.71. The lowest BCUT2D eigenvalue weighted by Gasteiger charge is -2.43. The highest BCUT2D eigenvalue weighted by molar-refractivity contribution is 5.97. The van der Waals surface area contributed by atoms with Gasteiger partial charge >= 0.3 is 5.97 Å². The second-order valence-corrected chi connectivity index (χ2v) is 19.7. The largest absolute Gasteiger partial charge is 0.480 e. The number of aliphatic hydroxyl groups is 8. The number of carboxylic acids is 1. The van der Waals surface area contributed by atoms with E-state index in [0.717, 1.165) is 34.6 Å². The maximum absolute atomic E-state index is 14.6. The monoisotopic (exact) mass is 1140 g/mol. The molecule has 0 radical (unpaired) electrons. The van der Waals surface area contributed by atoms with Crippen LogP contribution in [0.2, 0.25) is 0 Å². The molecule has 79 heavy (non-hydrogen) atoms. The van der Waals surface area contributed by atoms with Gasteiger partial charge in [0.05, 0.1) is 43.7 Å². The maximum Gasteiger partial charge on any atom is 0.322 e. The van der Waals surface area contributed by atoms with Gasteiger partial charge < -0.3 is 118 Å². The molecule has 0 bridgehead atoms. The first-order valence-corrected chi connectivity index (χ1v) is 25.8. The minimum atomic E-state index is -2.12. The minimum Gasteiger partial charge on any atom is -0.480 e. The highest BCUT2D eigenvalue weighted by Crippen LogP contribution is 2.26. The second kappa shape index (κ2) is 33.4. The fourth-order valence-corrected chi connectivity index (χ4v) is 8.31. The van der Waals surface area contributed by atoms with E-state index in [4.69, 9.17) is 29.8 Å². The van der Waals surface area contributed by atoms with Crippen LogP contribution in [-0.2, 0) is 62.1 Å². The Labute approximate surface area is 456 Å². The molecule has 2 aliphatic heterocycles. The number of carboxylic acid groups (broad SMARTS) is 1. The van der Waals surface area contributed by atoms with Crippen LogP contribution in [0.1, 0.15) is 81.1 Å². The second-order valence-electron chi connectivity index (χ2n) is 19.7. The summed E-state index contributed by atoms with van der Waals surface area (Å²) in [6.45, 7) is 7.89. The SMILES string of the molecule is CC[C@H](C)C(N)C(=O)NC(C(=O)NC(C(=O)NC(C(=O)NC(C(=O)N[C@@H](CCCCNC)C(=O)NCC(=O)O)[C@@H](C)O)[C@@H](C)O[C@H]1OC(CO)[C@H](O)C(O)C1NC(C)=O)[C@@H](C)O)[C@@H](C)O[C@H]1OC(CO)[C@H](O)C(O)C1NC(C)=O. The van der Waals surface area contributed by atoms with Crippen molar-refractivity contribution in [2.45, 2.75) is 203 Å². The predicted molar refractivity (Wildman–Crippen MR) is 271 cm³/mol. The average molecular weight is 1140 g/mol. The van der Waals surface area contributed by atoms with Gasteiger partial charge in [-0.3, -0.25) is 43.2 Å². The molecule has 2 aliphatic rings. The molecule has 0 aromatic heterocycles. The first-order valence-electron chi connectivity index (χ1n) is 25.8. The first kappa shape index (κ1) is 69.8. The smallest absolute Gasteiger partial charge is 0.322 e. The van der Waals surface area contributed by atoms with Gasteiger partial charge in [0.2, 0.25) is 47.3 Å². The number of aliphatic hydroxyl groups excluding tert-OH is 8. The number of hydrogen-bond donors (Lipinski definition) is 19. The van der Waals surface area contributed by atoms with Gasteiger partial charge in [0.15, 0.2) is 12.6 Å². The van der Waals surface area contributed by atoms with Gasteiger partial charge in [0.1, 0.15) is 85.5 Å². The third kappa shape index (κ3) is 20.9. The summed E-state index contributed by atoms with van der Waals surface area (Å²) in [7, 11) is 1.68. The van der Waals surface area contributed by atoms with Gasteiger partial charge in [-0.1, -0.05) is 20.3 Å². The molecule has 0 aromatic rings. The van der Waals surface area contributed by atoms with Crippen molar-refractivity contribution in [3.8, 4) is 0 Å². The number of amides is 8. The van der Waals surface area contributed by atoms with E-state index in [-0.39, 0.29) is 6.42 Å². The Morgan fingerprint density at radius 3 is 1.34 bits per heavy atom. The van der Waals surface area contributed by atoms with Gasteiger partial charge in [-0.15, -0.1) is 0 Å². The Morgan fingerprint density at radius 1 is 0.582 bits per heavy atom. The summed E-state index contributed by atoms with van der Waals surface area (Å²) in [6.07, 6.45) is -19.6. The summed E-state index contributed by atoms with van der Waals surface area (Å²) in [4.78, 5) is 120. The molecule has 0 saturated carbocycles. The van der Waals surface area contributed by atoms with E-state index in [0.29, 0.717) is 25.8 Å². The van der Waals surface area contributed by atoms with E-state index in [1.54, 1.807) is 20.9 Å². The molecule has 2 rings (SSSR count). The van der Waals surface area contributed by atoms with E-state index in [1.807, 2.05) is 0 Å². The molecule has 8 amide bonds. The summed E-state index contributed by atoms with van der Waals surface area (Å²) in [6, 6.07) is -13.9. The number of nitrogens with one attached hydrogen (secondary N) is 9. The van der Waals surface area contributed by atoms with E-state index < -0.39 is 201 Å². The Hall–Kier alpha value is -5.33. The van der Waals surface area contributed by atoms with Crippen LogP contribution >= 0.6 is 0 Å².